The predicted octanol–water partition coefficient (Wildman–Crippen LogP) is 5.72. The zero-order valence-corrected chi connectivity index (χ0v) is 23.6. The summed E-state index contributed by atoms with van der Waals surface area (Å²) in [5.41, 5.74) is 2.79. The molecule has 1 fully saturated rings. The lowest BCUT2D eigenvalue weighted by Crippen LogP contribution is -2.44. The minimum absolute atomic E-state index is 0.0515. The summed E-state index contributed by atoms with van der Waals surface area (Å²) >= 11 is 0. The van der Waals surface area contributed by atoms with Crippen LogP contribution in [0.5, 0.6) is 5.75 Å². The van der Waals surface area contributed by atoms with Crippen LogP contribution < -0.4 is 10.1 Å². The van der Waals surface area contributed by atoms with Gasteiger partial charge in [-0.2, -0.15) is 0 Å². The van der Waals surface area contributed by atoms with Crippen LogP contribution in [0.15, 0.2) is 48.5 Å². The van der Waals surface area contributed by atoms with Crippen molar-refractivity contribution in [1.82, 2.24) is 5.32 Å². The highest BCUT2D eigenvalue weighted by Crippen LogP contribution is 2.30. The third kappa shape index (κ3) is 10.0. The van der Waals surface area contributed by atoms with E-state index in [4.69, 9.17) is 18.9 Å². The maximum absolute atomic E-state index is 12.8. The number of esters is 1. The van der Waals surface area contributed by atoms with Crippen LogP contribution in [0.1, 0.15) is 64.2 Å². The topological polar surface area (TPSA) is 83.1 Å². The number of benzene rings is 2. The van der Waals surface area contributed by atoms with Crippen molar-refractivity contribution in [3.05, 3.63) is 65.2 Å². The van der Waals surface area contributed by atoms with Gasteiger partial charge >= 0.3 is 12.1 Å². The molecule has 0 heterocycles. The molecule has 2 aromatic carbocycles. The fourth-order valence-electron chi connectivity index (χ4n) is 4.17. The molecule has 1 N–H and O–H groups in total. The van der Waals surface area contributed by atoms with Crippen molar-refractivity contribution in [1.29, 1.82) is 0 Å². The Morgan fingerprint density at radius 1 is 1.03 bits per heavy atom. The Bertz CT molecular complexity index is 1040. The molecule has 1 amide bonds. The summed E-state index contributed by atoms with van der Waals surface area (Å²) in [6, 6.07) is 15.7. The Labute approximate surface area is 227 Å². The minimum Gasteiger partial charge on any atom is -0.496 e. The number of ether oxygens (including phenoxy) is 4. The van der Waals surface area contributed by atoms with Crippen molar-refractivity contribution in [3.8, 4) is 5.75 Å². The highest BCUT2D eigenvalue weighted by atomic mass is 16.6. The van der Waals surface area contributed by atoms with E-state index in [2.05, 4.69) is 29.6 Å². The quantitative estimate of drug-likeness (QED) is 0.337. The summed E-state index contributed by atoms with van der Waals surface area (Å²) in [7, 11) is 1.69. The molecule has 7 nitrogen and oxygen atoms in total. The molecule has 7 heteroatoms. The maximum Gasteiger partial charge on any atom is 0.408 e. The van der Waals surface area contributed by atoms with Crippen molar-refractivity contribution in [2.75, 3.05) is 20.3 Å². The van der Waals surface area contributed by atoms with E-state index in [-0.39, 0.29) is 5.92 Å². The predicted molar refractivity (Wildman–Crippen MR) is 147 cm³/mol. The summed E-state index contributed by atoms with van der Waals surface area (Å²) < 4.78 is 22.7. The molecule has 3 atom stereocenters. The van der Waals surface area contributed by atoms with Crippen LogP contribution in [0.25, 0.3) is 0 Å². The minimum atomic E-state index is -0.834. The maximum atomic E-state index is 12.8. The summed E-state index contributed by atoms with van der Waals surface area (Å²) in [6.07, 6.45) is 2.81. The first-order valence-electron chi connectivity index (χ1n) is 13.5. The summed E-state index contributed by atoms with van der Waals surface area (Å²) in [6.45, 7) is 10.0. The molecule has 0 bridgehead atoms. The molecule has 208 valence electrons. The number of carbonyl (C=O) groups excluding carboxylic acids is 2. The molecular weight excluding hydrogens is 482 g/mol. The Morgan fingerprint density at radius 2 is 1.74 bits per heavy atom. The smallest absolute Gasteiger partial charge is 0.408 e. The molecule has 0 aromatic heterocycles. The molecule has 0 unspecified atom stereocenters. The van der Waals surface area contributed by atoms with Gasteiger partial charge < -0.3 is 24.3 Å². The van der Waals surface area contributed by atoms with E-state index in [9.17, 15) is 9.59 Å². The lowest BCUT2D eigenvalue weighted by molar-refractivity contribution is -0.154. The van der Waals surface area contributed by atoms with Crippen LogP contribution in [0.2, 0.25) is 0 Å². The normalized spacial score (nSPS) is 15.7. The number of carbonyl (C=O) groups is 2. The molecule has 0 radical (unpaired) electrons. The lowest BCUT2D eigenvalue weighted by atomic mass is 9.93. The third-order valence-electron chi connectivity index (χ3n) is 6.52. The van der Waals surface area contributed by atoms with E-state index >= 15 is 0 Å². The third-order valence-corrected chi connectivity index (χ3v) is 6.52. The van der Waals surface area contributed by atoms with Gasteiger partial charge in [0.15, 0.2) is 0 Å². The van der Waals surface area contributed by atoms with E-state index in [0.717, 1.165) is 29.9 Å². The van der Waals surface area contributed by atoms with Gasteiger partial charge in [0.1, 0.15) is 23.5 Å². The number of hydrogen-bond acceptors (Lipinski definition) is 6. The van der Waals surface area contributed by atoms with Crippen molar-refractivity contribution >= 4 is 12.1 Å². The number of rotatable bonds is 13. The van der Waals surface area contributed by atoms with E-state index < -0.39 is 29.8 Å². The zero-order chi connectivity index (χ0) is 27.7. The second kappa shape index (κ2) is 13.7. The monoisotopic (exact) mass is 525 g/mol. The van der Waals surface area contributed by atoms with Crippen molar-refractivity contribution in [3.63, 3.8) is 0 Å². The SMILES string of the molecule is COc1ccc(C[C@H](COCC2CC2)[C@H](C)OC(=O)[C@H](C)NC(=O)OC(C)(C)C)cc1Cc1ccccc1. The summed E-state index contributed by atoms with van der Waals surface area (Å²) in [5, 5.41) is 2.56. The van der Waals surface area contributed by atoms with Gasteiger partial charge in [-0.3, -0.25) is 0 Å². The van der Waals surface area contributed by atoms with Crippen LogP contribution in [0.3, 0.4) is 0 Å². The molecule has 0 aliphatic heterocycles. The van der Waals surface area contributed by atoms with Gasteiger partial charge in [-0.15, -0.1) is 0 Å². The molecule has 1 aliphatic carbocycles. The second-order valence-electron chi connectivity index (χ2n) is 11.3. The number of hydrogen-bond donors (Lipinski definition) is 1. The Morgan fingerprint density at radius 3 is 2.37 bits per heavy atom. The van der Waals surface area contributed by atoms with Crippen LogP contribution in [-0.2, 0) is 31.8 Å². The first-order valence-corrected chi connectivity index (χ1v) is 13.5. The number of amides is 1. The van der Waals surface area contributed by atoms with E-state index in [1.54, 1.807) is 34.8 Å². The number of alkyl carbamates (subject to hydrolysis) is 1. The van der Waals surface area contributed by atoms with Crippen LogP contribution in [-0.4, -0.2) is 50.1 Å². The molecule has 0 saturated heterocycles. The van der Waals surface area contributed by atoms with E-state index in [1.807, 2.05) is 31.2 Å². The summed E-state index contributed by atoms with van der Waals surface area (Å²) in [4.78, 5) is 24.9. The number of methoxy groups -OCH3 is 1. The van der Waals surface area contributed by atoms with Gasteiger partial charge in [-0.25, -0.2) is 9.59 Å². The molecule has 3 rings (SSSR count). The van der Waals surface area contributed by atoms with Gasteiger partial charge in [-0.1, -0.05) is 42.5 Å². The Hall–Kier alpha value is -3.06. The highest BCUT2D eigenvalue weighted by Gasteiger charge is 2.28. The lowest BCUT2D eigenvalue weighted by Gasteiger charge is -2.26. The zero-order valence-electron chi connectivity index (χ0n) is 23.6. The molecule has 38 heavy (non-hydrogen) atoms. The molecule has 2 aromatic rings. The average Bonchev–Trinajstić information content (AvgIpc) is 3.67. The Kier molecular flexibility index (Phi) is 10.6. The summed E-state index contributed by atoms with van der Waals surface area (Å²) in [5.74, 6) is 0.935. The first kappa shape index (κ1) is 29.5. The van der Waals surface area contributed by atoms with Crippen LogP contribution in [0, 0.1) is 11.8 Å². The fourth-order valence-corrected chi connectivity index (χ4v) is 4.17. The van der Waals surface area contributed by atoms with Crippen molar-refractivity contribution < 1.29 is 28.5 Å². The van der Waals surface area contributed by atoms with Crippen molar-refractivity contribution in [2.45, 2.75) is 78.0 Å². The Balaban J connectivity index is 1.67. The molecule has 1 saturated carbocycles. The van der Waals surface area contributed by atoms with Gasteiger partial charge in [-0.05, 0) is 82.6 Å². The standard InChI is InChI=1S/C31H43NO6/c1-21(32-30(34)38-31(3,4)5)29(33)37-22(2)27(20-36-19-24-12-13-24)18-25-14-15-28(35-6)26(17-25)16-23-10-8-7-9-11-23/h7-11,14-15,17,21-22,24,27H,12-13,16,18-20H2,1-6H3,(H,32,34)/t21-,22-,27+/m0/s1. The van der Waals surface area contributed by atoms with Crippen molar-refractivity contribution in [2.24, 2.45) is 11.8 Å². The van der Waals surface area contributed by atoms with Crippen LogP contribution in [0.4, 0.5) is 4.79 Å². The largest absolute Gasteiger partial charge is 0.496 e. The first-order chi connectivity index (χ1) is 18.0. The molecule has 1 aliphatic rings. The molecular formula is C31H43NO6. The van der Waals surface area contributed by atoms with Gasteiger partial charge in [0.25, 0.3) is 0 Å². The number of nitrogens with one attached hydrogen (secondary N) is 1. The second-order valence-corrected chi connectivity index (χ2v) is 11.3. The van der Waals surface area contributed by atoms with Crippen LogP contribution >= 0.6 is 0 Å². The van der Waals surface area contributed by atoms with Gasteiger partial charge in [0.2, 0.25) is 0 Å². The van der Waals surface area contributed by atoms with Gasteiger partial charge in [0.05, 0.1) is 13.7 Å². The molecule has 0 spiro atoms. The highest BCUT2D eigenvalue weighted by molar-refractivity contribution is 5.81. The van der Waals surface area contributed by atoms with E-state index in [1.165, 1.54) is 18.4 Å². The fraction of sp³-hybridized carbons (Fsp3) is 0.548. The average molecular weight is 526 g/mol. The van der Waals surface area contributed by atoms with Gasteiger partial charge in [0, 0.05) is 18.9 Å². The van der Waals surface area contributed by atoms with E-state index in [0.29, 0.717) is 18.9 Å².